The van der Waals surface area contributed by atoms with Crippen LogP contribution in [0.1, 0.15) is 24.9 Å². The fourth-order valence-electron chi connectivity index (χ4n) is 1.21. The van der Waals surface area contributed by atoms with Gasteiger partial charge in [-0.3, -0.25) is 0 Å². The minimum absolute atomic E-state index is 0.0156. The molecule has 0 heterocycles. The molecule has 0 saturated heterocycles. The van der Waals surface area contributed by atoms with Crippen molar-refractivity contribution in [3.05, 3.63) is 42.0 Å². The molecule has 0 spiro atoms. The highest BCUT2D eigenvalue weighted by Gasteiger charge is 2.05. The Hall–Kier alpha value is -1.28. The number of hydrogen-bond acceptors (Lipinski definition) is 2. The van der Waals surface area contributed by atoms with E-state index in [9.17, 15) is 0 Å². The lowest BCUT2D eigenvalue weighted by molar-refractivity contribution is 0.475. The molecule has 1 aromatic rings. The van der Waals surface area contributed by atoms with Crippen molar-refractivity contribution in [1.29, 1.82) is 0 Å². The first-order valence-electron chi connectivity index (χ1n) is 4.28. The van der Waals surface area contributed by atoms with Gasteiger partial charge >= 0.3 is 0 Å². The predicted octanol–water partition coefficient (Wildman–Crippen LogP) is 2.36. The van der Waals surface area contributed by atoms with E-state index in [1.807, 2.05) is 19.1 Å². The molecular formula is C11H15NO. The average molecular weight is 177 g/mol. The molecule has 0 aliphatic heterocycles. The second kappa shape index (κ2) is 4.10. The summed E-state index contributed by atoms with van der Waals surface area (Å²) in [6.07, 6.45) is 0.783. The number of benzene rings is 1. The molecule has 0 aliphatic carbocycles. The maximum Gasteiger partial charge on any atom is 0.115 e. The van der Waals surface area contributed by atoms with E-state index in [2.05, 4.69) is 6.58 Å². The van der Waals surface area contributed by atoms with E-state index < -0.39 is 0 Å². The minimum atomic E-state index is -0.0156. The van der Waals surface area contributed by atoms with Gasteiger partial charge in [0.1, 0.15) is 5.75 Å². The molecule has 0 bridgehead atoms. The third-order valence-corrected chi connectivity index (χ3v) is 1.89. The fourth-order valence-corrected chi connectivity index (χ4v) is 1.21. The standard InChI is InChI=1S/C11H15NO/c1-8(2)7-11(12)9-3-5-10(13)6-4-9/h3-6,11,13H,1,7,12H2,2H3/t11-/m1/s1. The molecule has 2 heteroatoms. The minimum Gasteiger partial charge on any atom is -0.508 e. The van der Waals surface area contributed by atoms with Crippen molar-refractivity contribution in [2.75, 3.05) is 0 Å². The van der Waals surface area contributed by atoms with E-state index in [0.717, 1.165) is 17.6 Å². The van der Waals surface area contributed by atoms with Gasteiger partial charge in [-0.25, -0.2) is 0 Å². The topological polar surface area (TPSA) is 46.2 Å². The lowest BCUT2D eigenvalue weighted by Gasteiger charge is -2.11. The molecule has 0 radical (unpaired) electrons. The zero-order valence-corrected chi connectivity index (χ0v) is 7.83. The van der Waals surface area contributed by atoms with Crippen LogP contribution in [-0.4, -0.2) is 5.11 Å². The van der Waals surface area contributed by atoms with Crippen molar-refractivity contribution >= 4 is 0 Å². The van der Waals surface area contributed by atoms with Crippen molar-refractivity contribution in [3.8, 4) is 5.75 Å². The summed E-state index contributed by atoms with van der Waals surface area (Å²) in [5.41, 5.74) is 8.00. The number of nitrogens with two attached hydrogens (primary N) is 1. The van der Waals surface area contributed by atoms with Gasteiger partial charge in [0, 0.05) is 6.04 Å². The SMILES string of the molecule is C=C(C)C[C@@H](N)c1ccc(O)cc1. The Bertz CT molecular complexity index is 289. The first kappa shape index (κ1) is 9.81. The van der Waals surface area contributed by atoms with Gasteiger partial charge in [-0.05, 0) is 31.0 Å². The van der Waals surface area contributed by atoms with Crippen LogP contribution in [0, 0.1) is 0 Å². The molecule has 70 valence electrons. The Balaban J connectivity index is 2.71. The largest absolute Gasteiger partial charge is 0.508 e. The zero-order chi connectivity index (χ0) is 9.84. The van der Waals surface area contributed by atoms with Crippen LogP contribution in [0.5, 0.6) is 5.75 Å². The summed E-state index contributed by atoms with van der Waals surface area (Å²) in [6.45, 7) is 5.77. The van der Waals surface area contributed by atoms with Gasteiger partial charge in [0.25, 0.3) is 0 Å². The predicted molar refractivity (Wildman–Crippen MR) is 54.5 cm³/mol. The van der Waals surface area contributed by atoms with Crippen LogP contribution in [0.2, 0.25) is 0 Å². The second-order valence-corrected chi connectivity index (χ2v) is 3.36. The number of aromatic hydroxyl groups is 1. The van der Waals surface area contributed by atoms with E-state index in [-0.39, 0.29) is 11.8 Å². The molecule has 0 aromatic heterocycles. The van der Waals surface area contributed by atoms with Crippen molar-refractivity contribution < 1.29 is 5.11 Å². The number of phenols is 1. The van der Waals surface area contributed by atoms with E-state index >= 15 is 0 Å². The van der Waals surface area contributed by atoms with Crippen LogP contribution in [0.15, 0.2) is 36.4 Å². The Kier molecular flexibility index (Phi) is 3.09. The van der Waals surface area contributed by atoms with Crippen molar-refractivity contribution in [3.63, 3.8) is 0 Å². The molecule has 0 unspecified atom stereocenters. The first-order chi connectivity index (χ1) is 6.09. The van der Waals surface area contributed by atoms with Gasteiger partial charge < -0.3 is 10.8 Å². The number of hydrogen-bond donors (Lipinski definition) is 2. The van der Waals surface area contributed by atoms with E-state index in [1.165, 1.54) is 0 Å². The summed E-state index contributed by atoms with van der Waals surface area (Å²) in [5, 5.41) is 9.06. The van der Waals surface area contributed by atoms with Gasteiger partial charge in [0.05, 0.1) is 0 Å². The Morgan fingerprint density at radius 2 is 2.00 bits per heavy atom. The lowest BCUT2D eigenvalue weighted by Crippen LogP contribution is -2.09. The van der Waals surface area contributed by atoms with E-state index in [0.29, 0.717) is 0 Å². The van der Waals surface area contributed by atoms with Gasteiger partial charge in [-0.2, -0.15) is 0 Å². The smallest absolute Gasteiger partial charge is 0.115 e. The Morgan fingerprint density at radius 3 is 2.46 bits per heavy atom. The summed E-state index contributed by atoms with van der Waals surface area (Å²) in [6, 6.07) is 6.95. The number of rotatable bonds is 3. The molecular weight excluding hydrogens is 162 g/mol. The number of phenolic OH excluding ortho intramolecular Hbond substituents is 1. The zero-order valence-electron chi connectivity index (χ0n) is 7.83. The van der Waals surface area contributed by atoms with Gasteiger partial charge in [-0.1, -0.05) is 17.7 Å². The summed E-state index contributed by atoms with van der Waals surface area (Å²) in [4.78, 5) is 0. The third-order valence-electron chi connectivity index (χ3n) is 1.89. The van der Waals surface area contributed by atoms with Gasteiger partial charge in [-0.15, -0.1) is 6.58 Å². The van der Waals surface area contributed by atoms with Crippen molar-refractivity contribution in [2.24, 2.45) is 5.73 Å². The molecule has 2 nitrogen and oxygen atoms in total. The van der Waals surface area contributed by atoms with E-state index in [1.54, 1.807) is 12.1 Å². The molecule has 1 atom stereocenters. The molecule has 13 heavy (non-hydrogen) atoms. The highest BCUT2D eigenvalue weighted by molar-refractivity contribution is 5.28. The monoisotopic (exact) mass is 177 g/mol. The molecule has 1 rings (SSSR count). The third kappa shape index (κ3) is 2.92. The lowest BCUT2D eigenvalue weighted by atomic mass is 10.0. The van der Waals surface area contributed by atoms with Gasteiger partial charge in [0.15, 0.2) is 0 Å². The first-order valence-corrected chi connectivity index (χ1v) is 4.28. The average Bonchev–Trinajstić information content (AvgIpc) is 2.04. The van der Waals surface area contributed by atoms with Crippen molar-refractivity contribution in [1.82, 2.24) is 0 Å². The van der Waals surface area contributed by atoms with Crippen LogP contribution in [-0.2, 0) is 0 Å². The van der Waals surface area contributed by atoms with Crippen LogP contribution >= 0.6 is 0 Å². The molecule has 0 fully saturated rings. The highest BCUT2D eigenvalue weighted by atomic mass is 16.3. The maximum absolute atomic E-state index is 9.06. The maximum atomic E-state index is 9.06. The molecule has 1 aromatic carbocycles. The Morgan fingerprint density at radius 1 is 1.46 bits per heavy atom. The molecule has 0 amide bonds. The fraction of sp³-hybridized carbons (Fsp3) is 0.273. The van der Waals surface area contributed by atoms with Crippen LogP contribution in [0.25, 0.3) is 0 Å². The summed E-state index contributed by atoms with van der Waals surface area (Å²) in [5.74, 6) is 0.270. The quantitative estimate of drug-likeness (QED) is 0.696. The highest BCUT2D eigenvalue weighted by Crippen LogP contribution is 2.19. The second-order valence-electron chi connectivity index (χ2n) is 3.36. The molecule has 0 saturated carbocycles. The Labute approximate surface area is 78.7 Å². The van der Waals surface area contributed by atoms with Crippen molar-refractivity contribution in [2.45, 2.75) is 19.4 Å². The normalized spacial score (nSPS) is 12.5. The summed E-state index contributed by atoms with van der Waals surface area (Å²) in [7, 11) is 0. The van der Waals surface area contributed by atoms with Crippen LogP contribution < -0.4 is 5.73 Å². The van der Waals surface area contributed by atoms with Gasteiger partial charge in [0.2, 0.25) is 0 Å². The molecule has 0 aliphatic rings. The van der Waals surface area contributed by atoms with E-state index in [4.69, 9.17) is 10.8 Å². The summed E-state index contributed by atoms with van der Waals surface area (Å²) >= 11 is 0. The van der Waals surface area contributed by atoms with Crippen LogP contribution in [0.4, 0.5) is 0 Å². The summed E-state index contributed by atoms with van der Waals surface area (Å²) < 4.78 is 0. The molecule has 3 N–H and O–H groups in total. The van der Waals surface area contributed by atoms with Crippen LogP contribution in [0.3, 0.4) is 0 Å².